The summed E-state index contributed by atoms with van der Waals surface area (Å²) in [6.07, 6.45) is 0.000241. The highest BCUT2D eigenvalue weighted by molar-refractivity contribution is 8.00. The van der Waals surface area contributed by atoms with E-state index in [9.17, 15) is 15.3 Å². The Kier molecular flexibility index (Phi) is 8.64. The highest BCUT2D eigenvalue weighted by Crippen LogP contribution is 2.41. The minimum Gasteiger partial charge on any atom is -0.394 e. The van der Waals surface area contributed by atoms with Crippen molar-refractivity contribution in [2.45, 2.75) is 47.2 Å². The number of benzene rings is 3. The molecule has 0 aliphatic carbocycles. The first kappa shape index (κ1) is 30.0. The lowest BCUT2D eigenvalue weighted by Gasteiger charge is -2.45. The molecule has 2 aromatic heterocycles. The fraction of sp³-hybridized carbons (Fsp3) is 0.375. The van der Waals surface area contributed by atoms with Crippen molar-refractivity contribution >= 4 is 22.5 Å². The van der Waals surface area contributed by atoms with E-state index in [1.54, 1.807) is 28.9 Å². The average molecular weight is 631 g/mol. The van der Waals surface area contributed by atoms with Gasteiger partial charge in [0.2, 0.25) is 0 Å². The van der Waals surface area contributed by atoms with Gasteiger partial charge in [0.1, 0.15) is 47.2 Å². The summed E-state index contributed by atoms with van der Waals surface area (Å²) < 4.78 is 21.2. The van der Waals surface area contributed by atoms with Gasteiger partial charge in [-0.05, 0) is 16.8 Å². The van der Waals surface area contributed by atoms with Crippen LogP contribution in [0.25, 0.3) is 33.3 Å². The molecule has 8 atom stereocenters. The minimum absolute atomic E-state index is 0.269. The van der Waals surface area contributed by atoms with Crippen molar-refractivity contribution in [3.63, 3.8) is 0 Å². The molecule has 3 aromatic carbocycles. The molecule has 2 saturated heterocycles. The number of ether oxygens (including phenoxy) is 3. The van der Waals surface area contributed by atoms with Crippen molar-refractivity contribution in [2.24, 2.45) is 0 Å². The number of fused-ring (bicyclic) bond motifs is 1. The zero-order chi connectivity index (χ0) is 30.9. The zero-order valence-corrected chi connectivity index (χ0v) is 25.3. The Hall–Kier alpha value is -3.69. The van der Waals surface area contributed by atoms with Gasteiger partial charge in [0.15, 0.2) is 0 Å². The molecule has 0 saturated carbocycles. The number of nitrogens with zero attached hydrogens (tertiary/aromatic N) is 6. The fourth-order valence-electron chi connectivity index (χ4n) is 6.08. The SMILES string of the molecule is COC1C(SC2COCC(n3cc(-c4ccccc4)nn3)C2O)OC(CO)C(O)C1n1cc(-c2ccc3ccccc3c2)nn1. The van der Waals surface area contributed by atoms with E-state index < -0.39 is 53.8 Å². The van der Waals surface area contributed by atoms with E-state index in [0.29, 0.717) is 11.4 Å². The summed E-state index contributed by atoms with van der Waals surface area (Å²) in [5, 5.41) is 52.1. The Morgan fingerprint density at radius 3 is 2.33 bits per heavy atom. The maximum absolute atomic E-state index is 11.5. The van der Waals surface area contributed by atoms with Crippen LogP contribution in [0.1, 0.15) is 12.1 Å². The number of methoxy groups -OCH3 is 1. The van der Waals surface area contributed by atoms with Crippen molar-refractivity contribution < 1.29 is 29.5 Å². The second-order valence-electron chi connectivity index (χ2n) is 11.3. The standard InChI is InChI=1S/C32H34N6O6S/c1-42-31-28(38-15-24(34-36-38)22-12-11-19-7-5-6-10-21(19)13-22)30(41)26(16-39)44-32(31)45-27-18-43-17-25(29(27)40)37-14-23(33-35-37)20-8-3-2-4-9-20/h2-15,25-32,39-41H,16-18H2,1H3. The van der Waals surface area contributed by atoms with Gasteiger partial charge in [-0.3, -0.25) is 0 Å². The molecule has 234 valence electrons. The van der Waals surface area contributed by atoms with Gasteiger partial charge in [0, 0.05) is 18.2 Å². The summed E-state index contributed by atoms with van der Waals surface area (Å²) in [7, 11) is 1.54. The Morgan fingerprint density at radius 1 is 0.844 bits per heavy atom. The van der Waals surface area contributed by atoms with Gasteiger partial charge in [0.25, 0.3) is 0 Å². The van der Waals surface area contributed by atoms with Crippen molar-refractivity contribution in [2.75, 3.05) is 26.9 Å². The summed E-state index contributed by atoms with van der Waals surface area (Å²) >= 11 is 1.34. The Morgan fingerprint density at radius 2 is 1.56 bits per heavy atom. The molecule has 12 nitrogen and oxygen atoms in total. The monoisotopic (exact) mass is 630 g/mol. The largest absolute Gasteiger partial charge is 0.394 e. The van der Waals surface area contributed by atoms with Gasteiger partial charge in [-0.25, -0.2) is 9.36 Å². The van der Waals surface area contributed by atoms with Crippen LogP contribution in [0.4, 0.5) is 0 Å². The Labute approximate surface area is 263 Å². The van der Waals surface area contributed by atoms with Crippen LogP contribution in [0.15, 0.2) is 85.2 Å². The molecule has 4 heterocycles. The Balaban J connectivity index is 1.11. The van der Waals surface area contributed by atoms with Crippen LogP contribution in [0.2, 0.25) is 0 Å². The molecule has 2 aliphatic rings. The molecule has 13 heteroatoms. The summed E-state index contributed by atoms with van der Waals surface area (Å²) in [6, 6.07) is 22.7. The first-order valence-corrected chi connectivity index (χ1v) is 15.7. The summed E-state index contributed by atoms with van der Waals surface area (Å²) in [5.74, 6) is 0. The molecular weight excluding hydrogens is 596 g/mol. The van der Waals surface area contributed by atoms with Crippen molar-refractivity contribution in [1.29, 1.82) is 0 Å². The maximum atomic E-state index is 11.5. The van der Waals surface area contributed by atoms with Crippen LogP contribution < -0.4 is 0 Å². The minimum atomic E-state index is -1.13. The zero-order valence-electron chi connectivity index (χ0n) is 24.5. The topological polar surface area (TPSA) is 150 Å². The van der Waals surface area contributed by atoms with Gasteiger partial charge < -0.3 is 29.5 Å². The van der Waals surface area contributed by atoms with Crippen LogP contribution in [0.3, 0.4) is 0 Å². The fourth-order valence-corrected chi connectivity index (χ4v) is 7.58. The summed E-state index contributed by atoms with van der Waals surface area (Å²) in [6.45, 7) is 0.127. The van der Waals surface area contributed by atoms with Crippen LogP contribution in [-0.2, 0) is 14.2 Å². The van der Waals surface area contributed by atoms with Gasteiger partial charge in [-0.15, -0.1) is 22.0 Å². The molecule has 5 aromatic rings. The molecule has 8 unspecified atom stereocenters. The number of aromatic nitrogens is 6. The molecule has 3 N–H and O–H groups in total. The molecule has 0 amide bonds. The van der Waals surface area contributed by atoms with E-state index >= 15 is 0 Å². The Bertz CT molecular complexity index is 1740. The molecule has 2 fully saturated rings. The van der Waals surface area contributed by atoms with Gasteiger partial charge in [-0.2, -0.15) is 0 Å². The van der Waals surface area contributed by atoms with Gasteiger partial charge in [0.05, 0.1) is 43.6 Å². The number of thioether (sulfide) groups is 1. The number of rotatable bonds is 8. The van der Waals surface area contributed by atoms with E-state index in [4.69, 9.17) is 14.2 Å². The third kappa shape index (κ3) is 5.88. The van der Waals surface area contributed by atoms with E-state index in [1.807, 2.05) is 66.7 Å². The third-order valence-electron chi connectivity index (χ3n) is 8.53. The average Bonchev–Trinajstić information content (AvgIpc) is 3.77. The second kappa shape index (κ2) is 13.0. The highest BCUT2D eigenvalue weighted by atomic mass is 32.2. The number of aliphatic hydroxyl groups is 3. The van der Waals surface area contributed by atoms with E-state index in [2.05, 4.69) is 26.7 Å². The summed E-state index contributed by atoms with van der Waals surface area (Å²) in [4.78, 5) is 0. The van der Waals surface area contributed by atoms with Crippen molar-refractivity contribution in [1.82, 2.24) is 30.0 Å². The van der Waals surface area contributed by atoms with Crippen molar-refractivity contribution in [3.05, 3.63) is 85.2 Å². The molecule has 45 heavy (non-hydrogen) atoms. The van der Waals surface area contributed by atoms with Crippen LogP contribution in [-0.4, -0.2) is 107 Å². The lowest BCUT2D eigenvalue weighted by atomic mass is 9.97. The predicted octanol–water partition coefficient (Wildman–Crippen LogP) is 2.73. The third-order valence-corrected chi connectivity index (χ3v) is 9.94. The van der Waals surface area contributed by atoms with Gasteiger partial charge >= 0.3 is 0 Å². The van der Waals surface area contributed by atoms with Crippen LogP contribution in [0.5, 0.6) is 0 Å². The van der Waals surface area contributed by atoms with Gasteiger partial charge in [-0.1, -0.05) is 77.2 Å². The molecular formula is C32H34N6O6S. The van der Waals surface area contributed by atoms with E-state index in [1.165, 1.54) is 11.8 Å². The molecule has 7 rings (SSSR count). The molecule has 0 radical (unpaired) electrons. The number of aliphatic hydroxyl groups excluding tert-OH is 3. The maximum Gasteiger partial charge on any atom is 0.132 e. The first-order chi connectivity index (χ1) is 22.0. The quantitative estimate of drug-likeness (QED) is 0.232. The van der Waals surface area contributed by atoms with E-state index in [0.717, 1.165) is 21.9 Å². The normalized spacial score (nSPS) is 28.8. The van der Waals surface area contributed by atoms with Crippen molar-refractivity contribution in [3.8, 4) is 22.5 Å². The summed E-state index contributed by atoms with van der Waals surface area (Å²) in [5.41, 5.74) is 2.48. The smallest absolute Gasteiger partial charge is 0.132 e. The molecule has 0 bridgehead atoms. The molecule has 0 spiro atoms. The number of hydrogen-bond acceptors (Lipinski definition) is 11. The van der Waals surface area contributed by atoms with Crippen LogP contribution >= 0.6 is 11.8 Å². The lowest BCUT2D eigenvalue weighted by molar-refractivity contribution is -0.186. The van der Waals surface area contributed by atoms with Crippen LogP contribution in [0, 0.1) is 0 Å². The molecule has 2 aliphatic heterocycles. The lowest BCUT2D eigenvalue weighted by Crippen LogP contribution is -2.56. The number of hydrogen-bond donors (Lipinski definition) is 3. The predicted molar refractivity (Wildman–Crippen MR) is 167 cm³/mol. The first-order valence-electron chi connectivity index (χ1n) is 14.8. The second-order valence-corrected chi connectivity index (χ2v) is 12.6. The van der Waals surface area contributed by atoms with E-state index in [-0.39, 0.29) is 13.2 Å². The highest BCUT2D eigenvalue weighted by Gasteiger charge is 2.49.